The Morgan fingerprint density at radius 1 is 1.00 bits per heavy atom. The first-order chi connectivity index (χ1) is 11.3. The fraction of sp³-hybridized carbons (Fsp3) is 0.222. The summed E-state index contributed by atoms with van der Waals surface area (Å²) in [5.41, 5.74) is 6.57. The Labute approximate surface area is 139 Å². The molecular weight excluding hydrogens is 310 g/mol. The van der Waals surface area contributed by atoms with Crippen LogP contribution in [0.5, 0.6) is 11.5 Å². The lowest BCUT2D eigenvalue weighted by Gasteiger charge is -2.26. The molecular formula is C18H19NO5. The zero-order valence-electron chi connectivity index (χ0n) is 13.5. The molecule has 0 saturated carbocycles. The molecule has 2 aromatic rings. The van der Waals surface area contributed by atoms with Crippen molar-refractivity contribution in [2.75, 3.05) is 6.61 Å². The SMILES string of the molecule is CC(C)(c1ccc(O)cc1)c1ccc(OCC(=O)OC(N)=O)cc1. The lowest BCUT2D eigenvalue weighted by molar-refractivity contribution is -0.139. The Morgan fingerprint density at radius 3 is 2.00 bits per heavy atom. The predicted octanol–water partition coefficient (Wildman–Crippen LogP) is 2.72. The van der Waals surface area contributed by atoms with Gasteiger partial charge in [0.05, 0.1) is 0 Å². The number of hydrogen-bond donors (Lipinski definition) is 2. The average molecular weight is 329 g/mol. The van der Waals surface area contributed by atoms with Crippen LogP contribution in [0.4, 0.5) is 4.79 Å². The van der Waals surface area contributed by atoms with Crippen LogP contribution in [0, 0.1) is 0 Å². The highest BCUT2D eigenvalue weighted by atomic mass is 16.6. The Balaban J connectivity index is 2.06. The molecule has 2 aromatic carbocycles. The summed E-state index contributed by atoms with van der Waals surface area (Å²) >= 11 is 0. The standard InChI is InChI=1S/C18H19NO5/c1-18(2,12-3-7-14(20)8-4-12)13-5-9-15(10-6-13)23-11-16(21)24-17(19)22/h3-10,20H,11H2,1-2H3,(H2,19,22). The van der Waals surface area contributed by atoms with Gasteiger partial charge in [0.1, 0.15) is 11.5 Å². The van der Waals surface area contributed by atoms with E-state index in [0.717, 1.165) is 11.1 Å². The monoisotopic (exact) mass is 329 g/mol. The van der Waals surface area contributed by atoms with Crippen LogP contribution in [0.25, 0.3) is 0 Å². The first-order valence-corrected chi connectivity index (χ1v) is 7.32. The quantitative estimate of drug-likeness (QED) is 0.649. The molecule has 0 aliphatic carbocycles. The highest BCUT2D eigenvalue weighted by molar-refractivity contribution is 5.84. The Bertz CT molecular complexity index is 720. The molecule has 6 nitrogen and oxygen atoms in total. The summed E-state index contributed by atoms with van der Waals surface area (Å²) in [5, 5.41) is 9.40. The van der Waals surface area contributed by atoms with Crippen molar-refractivity contribution in [1.29, 1.82) is 0 Å². The number of carbonyl (C=O) groups excluding carboxylic acids is 2. The van der Waals surface area contributed by atoms with Crippen LogP contribution in [0.3, 0.4) is 0 Å². The number of aromatic hydroxyl groups is 1. The number of benzene rings is 2. The zero-order chi connectivity index (χ0) is 17.7. The van der Waals surface area contributed by atoms with Gasteiger partial charge in [-0.1, -0.05) is 38.1 Å². The maximum Gasteiger partial charge on any atom is 0.412 e. The van der Waals surface area contributed by atoms with E-state index < -0.39 is 18.7 Å². The number of primary amides is 1. The predicted molar refractivity (Wildman–Crippen MR) is 87.8 cm³/mol. The first-order valence-electron chi connectivity index (χ1n) is 7.32. The minimum Gasteiger partial charge on any atom is -0.508 e. The van der Waals surface area contributed by atoms with Crippen molar-refractivity contribution in [2.24, 2.45) is 5.73 Å². The summed E-state index contributed by atoms with van der Waals surface area (Å²) in [6.45, 7) is 3.74. The van der Waals surface area contributed by atoms with Gasteiger partial charge >= 0.3 is 12.1 Å². The summed E-state index contributed by atoms with van der Waals surface area (Å²) in [6.07, 6.45) is -1.16. The van der Waals surface area contributed by atoms with Crippen LogP contribution >= 0.6 is 0 Å². The van der Waals surface area contributed by atoms with E-state index in [4.69, 9.17) is 10.5 Å². The summed E-state index contributed by atoms with van der Waals surface area (Å²) < 4.78 is 9.41. The molecule has 0 aliphatic heterocycles. The number of amides is 1. The molecule has 2 rings (SSSR count). The highest BCUT2D eigenvalue weighted by Gasteiger charge is 2.23. The fourth-order valence-electron chi connectivity index (χ4n) is 2.30. The van der Waals surface area contributed by atoms with Gasteiger partial charge in [-0.3, -0.25) is 0 Å². The third-order valence-electron chi connectivity index (χ3n) is 3.74. The van der Waals surface area contributed by atoms with Gasteiger partial charge in [0, 0.05) is 5.41 Å². The van der Waals surface area contributed by atoms with E-state index in [9.17, 15) is 14.7 Å². The van der Waals surface area contributed by atoms with E-state index in [1.165, 1.54) is 0 Å². The third-order valence-corrected chi connectivity index (χ3v) is 3.74. The van der Waals surface area contributed by atoms with E-state index in [1.54, 1.807) is 24.3 Å². The van der Waals surface area contributed by atoms with Crippen molar-refractivity contribution in [3.05, 3.63) is 59.7 Å². The maximum atomic E-state index is 11.2. The minimum absolute atomic E-state index is 0.223. The van der Waals surface area contributed by atoms with Gasteiger partial charge in [0.25, 0.3) is 0 Å². The second kappa shape index (κ2) is 7.04. The maximum absolute atomic E-state index is 11.2. The summed E-state index contributed by atoms with van der Waals surface area (Å²) in [4.78, 5) is 21.6. The van der Waals surface area contributed by atoms with E-state index >= 15 is 0 Å². The van der Waals surface area contributed by atoms with Gasteiger partial charge in [0.15, 0.2) is 6.61 Å². The highest BCUT2D eigenvalue weighted by Crippen LogP contribution is 2.33. The van der Waals surface area contributed by atoms with Gasteiger partial charge in [-0.15, -0.1) is 0 Å². The molecule has 126 valence electrons. The van der Waals surface area contributed by atoms with Crippen LogP contribution < -0.4 is 10.5 Å². The molecule has 0 fully saturated rings. The topological polar surface area (TPSA) is 98.8 Å². The lowest BCUT2D eigenvalue weighted by Crippen LogP contribution is -2.23. The molecule has 24 heavy (non-hydrogen) atoms. The molecule has 0 bridgehead atoms. The van der Waals surface area contributed by atoms with Crippen molar-refractivity contribution in [1.82, 2.24) is 0 Å². The van der Waals surface area contributed by atoms with Crippen molar-refractivity contribution < 1.29 is 24.2 Å². The average Bonchev–Trinajstić information content (AvgIpc) is 2.53. The molecule has 6 heteroatoms. The van der Waals surface area contributed by atoms with E-state index in [-0.39, 0.29) is 11.2 Å². The van der Waals surface area contributed by atoms with Crippen LogP contribution in [-0.2, 0) is 14.9 Å². The summed E-state index contributed by atoms with van der Waals surface area (Å²) in [7, 11) is 0. The van der Waals surface area contributed by atoms with E-state index in [0.29, 0.717) is 5.75 Å². The van der Waals surface area contributed by atoms with Crippen LogP contribution in [-0.4, -0.2) is 23.8 Å². The number of hydrogen-bond acceptors (Lipinski definition) is 5. The van der Waals surface area contributed by atoms with Gasteiger partial charge in [-0.2, -0.15) is 0 Å². The van der Waals surface area contributed by atoms with Crippen LogP contribution in [0.15, 0.2) is 48.5 Å². The van der Waals surface area contributed by atoms with Crippen molar-refractivity contribution in [3.8, 4) is 11.5 Å². The van der Waals surface area contributed by atoms with Gasteiger partial charge in [-0.25, -0.2) is 9.59 Å². The molecule has 1 amide bonds. The van der Waals surface area contributed by atoms with Crippen molar-refractivity contribution in [2.45, 2.75) is 19.3 Å². The number of ether oxygens (including phenoxy) is 2. The minimum atomic E-state index is -1.16. The number of phenols is 1. The molecule has 0 heterocycles. The number of esters is 1. The number of rotatable bonds is 5. The van der Waals surface area contributed by atoms with Crippen LogP contribution in [0.2, 0.25) is 0 Å². The first kappa shape index (κ1) is 17.3. The second-order valence-electron chi connectivity index (χ2n) is 5.78. The molecule has 0 radical (unpaired) electrons. The van der Waals surface area contributed by atoms with Gasteiger partial charge in [-0.05, 0) is 35.4 Å². The Kier molecular flexibility index (Phi) is 5.08. The molecule has 0 aromatic heterocycles. The Morgan fingerprint density at radius 2 is 1.50 bits per heavy atom. The molecule has 0 aliphatic rings. The van der Waals surface area contributed by atoms with Gasteiger partial charge < -0.3 is 20.3 Å². The molecule has 0 unspecified atom stereocenters. The Hall–Kier alpha value is -3.02. The fourth-order valence-corrected chi connectivity index (χ4v) is 2.30. The normalized spacial score (nSPS) is 10.9. The third kappa shape index (κ3) is 4.25. The molecule has 3 N–H and O–H groups in total. The smallest absolute Gasteiger partial charge is 0.412 e. The van der Waals surface area contributed by atoms with E-state index in [1.807, 2.05) is 24.3 Å². The molecule has 0 spiro atoms. The van der Waals surface area contributed by atoms with Gasteiger partial charge in [0.2, 0.25) is 0 Å². The second-order valence-corrected chi connectivity index (χ2v) is 5.78. The zero-order valence-corrected chi connectivity index (χ0v) is 13.5. The lowest BCUT2D eigenvalue weighted by atomic mass is 9.78. The molecule has 0 saturated heterocycles. The van der Waals surface area contributed by atoms with Crippen molar-refractivity contribution >= 4 is 12.1 Å². The van der Waals surface area contributed by atoms with Crippen molar-refractivity contribution in [3.63, 3.8) is 0 Å². The summed E-state index contributed by atoms with van der Waals surface area (Å²) in [6, 6.07) is 14.3. The van der Waals surface area contributed by atoms with E-state index in [2.05, 4.69) is 18.6 Å². The number of nitrogens with two attached hydrogens (primary N) is 1. The number of carbonyl (C=O) groups is 2. The summed E-state index contributed by atoms with van der Waals surface area (Å²) in [5.74, 6) is -0.154. The largest absolute Gasteiger partial charge is 0.508 e. The van der Waals surface area contributed by atoms with Crippen LogP contribution in [0.1, 0.15) is 25.0 Å². The number of phenolic OH excluding ortho intramolecular Hbond substituents is 1. The molecule has 0 atom stereocenters.